The van der Waals surface area contributed by atoms with Crippen molar-refractivity contribution in [1.29, 1.82) is 0 Å². The zero-order chi connectivity index (χ0) is 18.7. The lowest BCUT2D eigenvalue weighted by molar-refractivity contribution is -0.119. The predicted molar refractivity (Wildman–Crippen MR) is 124 cm³/mol. The van der Waals surface area contributed by atoms with Gasteiger partial charge >= 0.3 is 0 Å². The lowest BCUT2D eigenvalue weighted by Crippen LogP contribution is -2.51. The molecule has 8 heteroatoms. The molecule has 4 rings (SSSR count). The fourth-order valence-electron chi connectivity index (χ4n) is 4.03. The molecule has 0 aliphatic carbocycles. The fourth-order valence-corrected chi connectivity index (χ4v) is 4.86. The molecule has 2 fully saturated rings. The summed E-state index contributed by atoms with van der Waals surface area (Å²) in [5.41, 5.74) is 2.23. The maximum absolute atomic E-state index is 11.7. The van der Waals surface area contributed by atoms with Crippen LogP contribution in [-0.2, 0) is 11.3 Å². The minimum absolute atomic E-state index is 0. The van der Waals surface area contributed by atoms with Crippen LogP contribution in [0.4, 0.5) is 0 Å². The van der Waals surface area contributed by atoms with Crippen LogP contribution in [-0.4, -0.2) is 48.4 Å². The number of hydrogen-bond acceptors (Lipinski definition) is 4. The predicted octanol–water partition coefficient (Wildman–Crippen LogP) is 3.11. The van der Waals surface area contributed by atoms with Gasteiger partial charge in [0.05, 0.1) is 12.2 Å². The van der Waals surface area contributed by atoms with Crippen molar-refractivity contribution in [2.24, 2.45) is 10.4 Å². The van der Waals surface area contributed by atoms with E-state index in [4.69, 9.17) is 4.98 Å². The molecule has 1 aromatic carbocycles. The molecule has 3 heterocycles. The van der Waals surface area contributed by atoms with Crippen molar-refractivity contribution in [1.82, 2.24) is 20.5 Å². The number of halogens is 1. The van der Waals surface area contributed by atoms with E-state index in [9.17, 15) is 4.79 Å². The van der Waals surface area contributed by atoms with Crippen LogP contribution in [0.15, 0.2) is 40.7 Å². The molecule has 6 nitrogen and oxygen atoms in total. The Morgan fingerprint density at radius 2 is 2.21 bits per heavy atom. The number of aromatic nitrogens is 1. The SMILES string of the molecule is CN=C(NCc1csc(-c2ccccc2)n1)N1CCCC2(CNC(=O)C2)C1.I. The van der Waals surface area contributed by atoms with Gasteiger partial charge in [0.2, 0.25) is 5.91 Å². The third-order valence-corrected chi connectivity index (χ3v) is 6.31. The van der Waals surface area contributed by atoms with Crippen LogP contribution >= 0.6 is 35.3 Å². The van der Waals surface area contributed by atoms with Crippen LogP contribution in [0.3, 0.4) is 0 Å². The number of hydrogen-bond donors (Lipinski definition) is 2. The van der Waals surface area contributed by atoms with Crippen molar-refractivity contribution < 1.29 is 4.79 Å². The van der Waals surface area contributed by atoms with Crippen LogP contribution < -0.4 is 10.6 Å². The molecule has 28 heavy (non-hydrogen) atoms. The number of nitrogens with one attached hydrogen (secondary N) is 2. The van der Waals surface area contributed by atoms with Crippen molar-refractivity contribution in [3.8, 4) is 10.6 Å². The summed E-state index contributed by atoms with van der Waals surface area (Å²) < 4.78 is 0. The van der Waals surface area contributed by atoms with Gasteiger partial charge in [0.25, 0.3) is 0 Å². The van der Waals surface area contributed by atoms with E-state index in [1.165, 1.54) is 0 Å². The number of guanidine groups is 1. The summed E-state index contributed by atoms with van der Waals surface area (Å²) in [6, 6.07) is 10.2. The zero-order valence-corrected chi connectivity index (χ0v) is 19.1. The van der Waals surface area contributed by atoms with E-state index < -0.39 is 0 Å². The standard InChI is InChI=1S/C20H25N5OS.HI/c1-21-19(25-9-5-8-20(14-25)10-17(26)23-13-20)22-11-16-12-27-18(24-16)15-6-3-2-4-7-15;/h2-4,6-7,12H,5,8-11,13-14H2,1H3,(H,21,22)(H,23,26);1H. The molecule has 2 aliphatic rings. The number of benzene rings is 1. The highest BCUT2D eigenvalue weighted by Crippen LogP contribution is 2.36. The minimum atomic E-state index is 0. The third-order valence-electron chi connectivity index (χ3n) is 5.37. The Balaban J connectivity index is 0.00000225. The first-order valence-electron chi connectivity index (χ1n) is 9.40. The van der Waals surface area contributed by atoms with E-state index in [1.807, 2.05) is 25.2 Å². The maximum Gasteiger partial charge on any atom is 0.220 e. The summed E-state index contributed by atoms with van der Waals surface area (Å²) in [6.45, 7) is 3.28. The molecule has 1 unspecified atom stereocenters. The highest BCUT2D eigenvalue weighted by molar-refractivity contribution is 14.0. The second-order valence-corrected chi connectivity index (χ2v) is 8.25. The van der Waals surface area contributed by atoms with Crippen molar-refractivity contribution in [3.63, 3.8) is 0 Å². The zero-order valence-electron chi connectivity index (χ0n) is 16.0. The third kappa shape index (κ3) is 4.65. The Bertz CT molecular complexity index is 840. The number of piperidine rings is 1. The summed E-state index contributed by atoms with van der Waals surface area (Å²) in [4.78, 5) is 23.2. The van der Waals surface area contributed by atoms with E-state index in [0.717, 1.165) is 54.7 Å². The Labute approximate surface area is 186 Å². The van der Waals surface area contributed by atoms with Gasteiger partial charge in [-0.25, -0.2) is 4.98 Å². The first kappa shape index (κ1) is 21.0. The van der Waals surface area contributed by atoms with Crippen molar-refractivity contribution >= 4 is 47.2 Å². The van der Waals surface area contributed by atoms with Crippen LogP contribution in [0.2, 0.25) is 0 Å². The number of amides is 1. The Kier molecular flexibility index (Phi) is 6.92. The highest BCUT2D eigenvalue weighted by atomic mass is 127. The van der Waals surface area contributed by atoms with Crippen molar-refractivity contribution in [2.45, 2.75) is 25.8 Å². The van der Waals surface area contributed by atoms with Gasteiger partial charge in [-0.3, -0.25) is 9.79 Å². The number of aliphatic imine (C=N–C) groups is 1. The highest BCUT2D eigenvalue weighted by Gasteiger charge is 2.42. The molecule has 0 bridgehead atoms. The van der Waals surface area contributed by atoms with Crippen molar-refractivity contribution in [2.75, 3.05) is 26.7 Å². The molecule has 2 saturated heterocycles. The fraction of sp³-hybridized carbons (Fsp3) is 0.450. The average molecular weight is 511 g/mol. The molecule has 2 N–H and O–H groups in total. The lowest BCUT2D eigenvalue weighted by atomic mass is 9.79. The molecule has 1 spiro atoms. The molecular formula is C20H26IN5OS. The van der Waals surface area contributed by atoms with Gasteiger partial charge < -0.3 is 15.5 Å². The number of likely N-dealkylation sites (tertiary alicyclic amines) is 1. The molecule has 1 amide bonds. The van der Waals surface area contributed by atoms with Gasteiger partial charge in [-0.2, -0.15) is 0 Å². The van der Waals surface area contributed by atoms with E-state index in [-0.39, 0.29) is 35.3 Å². The molecule has 1 aromatic heterocycles. The van der Waals surface area contributed by atoms with Gasteiger partial charge in [-0.1, -0.05) is 30.3 Å². The summed E-state index contributed by atoms with van der Waals surface area (Å²) in [7, 11) is 1.82. The number of carbonyl (C=O) groups excluding carboxylic acids is 1. The minimum Gasteiger partial charge on any atom is -0.355 e. The number of thiazole rings is 1. The van der Waals surface area contributed by atoms with E-state index in [1.54, 1.807) is 11.3 Å². The second-order valence-electron chi connectivity index (χ2n) is 7.39. The van der Waals surface area contributed by atoms with Crippen LogP contribution in [0.25, 0.3) is 10.6 Å². The Morgan fingerprint density at radius 1 is 1.39 bits per heavy atom. The number of rotatable bonds is 3. The molecule has 0 radical (unpaired) electrons. The van der Waals surface area contributed by atoms with Gasteiger partial charge in [0, 0.05) is 49.5 Å². The summed E-state index contributed by atoms with van der Waals surface area (Å²) in [6.07, 6.45) is 2.82. The molecule has 1 atom stereocenters. The normalized spacial score (nSPS) is 22.1. The molecule has 2 aliphatic heterocycles. The lowest BCUT2D eigenvalue weighted by Gasteiger charge is -2.40. The van der Waals surface area contributed by atoms with Crippen LogP contribution in [0.1, 0.15) is 25.0 Å². The van der Waals surface area contributed by atoms with Crippen LogP contribution in [0.5, 0.6) is 0 Å². The Hall–Kier alpha value is -1.68. The van der Waals surface area contributed by atoms with E-state index in [2.05, 4.69) is 38.0 Å². The smallest absolute Gasteiger partial charge is 0.220 e. The van der Waals surface area contributed by atoms with Gasteiger partial charge in [0.1, 0.15) is 5.01 Å². The number of carbonyl (C=O) groups is 1. The van der Waals surface area contributed by atoms with Gasteiger partial charge in [-0.15, -0.1) is 35.3 Å². The average Bonchev–Trinajstić information content (AvgIpc) is 3.30. The Morgan fingerprint density at radius 3 is 2.93 bits per heavy atom. The first-order chi connectivity index (χ1) is 13.2. The first-order valence-corrected chi connectivity index (χ1v) is 10.3. The monoisotopic (exact) mass is 511 g/mol. The van der Waals surface area contributed by atoms with E-state index >= 15 is 0 Å². The van der Waals surface area contributed by atoms with Crippen LogP contribution in [0, 0.1) is 5.41 Å². The quantitative estimate of drug-likeness (QED) is 0.378. The van der Waals surface area contributed by atoms with Gasteiger partial charge in [-0.05, 0) is 12.8 Å². The van der Waals surface area contributed by atoms with E-state index in [0.29, 0.717) is 13.0 Å². The second kappa shape index (κ2) is 9.21. The molecule has 0 saturated carbocycles. The summed E-state index contributed by atoms with van der Waals surface area (Å²) in [5.74, 6) is 1.07. The summed E-state index contributed by atoms with van der Waals surface area (Å²) in [5, 5.41) is 9.59. The molecule has 150 valence electrons. The van der Waals surface area contributed by atoms with Crippen molar-refractivity contribution in [3.05, 3.63) is 41.4 Å². The topological polar surface area (TPSA) is 69.6 Å². The summed E-state index contributed by atoms with van der Waals surface area (Å²) >= 11 is 1.66. The number of nitrogens with zero attached hydrogens (tertiary/aromatic N) is 3. The van der Waals surface area contributed by atoms with Gasteiger partial charge in [0.15, 0.2) is 5.96 Å². The molecule has 2 aromatic rings. The maximum atomic E-state index is 11.7. The largest absolute Gasteiger partial charge is 0.355 e. The molecular weight excluding hydrogens is 485 g/mol.